The quantitative estimate of drug-likeness (QED) is 0.818. The Morgan fingerprint density at radius 3 is 2.45 bits per heavy atom. The third-order valence-electron chi connectivity index (χ3n) is 2.97. The topological polar surface area (TPSA) is 33.0 Å². The van der Waals surface area contributed by atoms with Gasteiger partial charge in [0, 0.05) is 4.47 Å². The maximum atomic E-state index is 13.2. The van der Waals surface area contributed by atoms with Gasteiger partial charge < -0.3 is 4.74 Å². The number of nitrogens with zero attached hydrogens (tertiary/aromatic N) is 1. The molecule has 0 aliphatic carbocycles. The zero-order chi connectivity index (χ0) is 14.7. The number of rotatable bonds is 3. The van der Waals surface area contributed by atoms with E-state index in [9.17, 15) is 4.39 Å². The zero-order valence-electron chi connectivity index (χ0n) is 11.2. The van der Waals surface area contributed by atoms with Gasteiger partial charge in [-0.1, -0.05) is 22.0 Å². The van der Waals surface area contributed by atoms with Crippen LogP contribution in [0.3, 0.4) is 0 Å². The van der Waals surface area contributed by atoms with Crippen LogP contribution >= 0.6 is 15.9 Å². The third-order valence-corrected chi connectivity index (χ3v) is 4.22. The van der Waals surface area contributed by atoms with Gasteiger partial charge in [0.05, 0.1) is 5.56 Å². The first-order chi connectivity index (χ1) is 9.51. The largest absolute Gasteiger partial charge is 0.489 e. The second-order valence-electron chi connectivity index (χ2n) is 4.59. The van der Waals surface area contributed by atoms with Crippen molar-refractivity contribution in [1.29, 1.82) is 5.26 Å². The van der Waals surface area contributed by atoms with E-state index < -0.39 is 5.82 Å². The molecule has 2 aromatic rings. The number of halogens is 2. The molecule has 0 aliphatic heterocycles. The van der Waals surface area contributed by atoms with Crippen molar-refractivity contribution in [1.82, 2.24) is 0 Å². The number of benzene rings is 2. The Balaban J connectivity index is 2.15. The van der Waals surface area contributed by atoms with Crippen molar-refractivity contribution in [3.63, 3.8) is 0 Å². The van der Waals surface area contributed by atoms with Crippen LogP contribution in [0.25, 0.3) is 0 Å². The molecule has 0 saturated carbocycles. The van der Waals surface area contributed by atoms with Crippen molar-refractivity contribution in [3.05, 3.63) is 62.9 Å². The maximum absolute atomic E-state index is 13.2. The van der Waals surface area contributed by atoms with Crippen molar-refractivity contribution in [2.24, 2.45) is 0 Å². The predicted molar refractivity (Wildman–Crippen MR) is 79.1 cm³/mol. The van der Waals surface area contributed by atoms with Crippen molar-refractivity contribution in [2.75, 3.05) is 0 Å². The van der Waals surface area contributed by atoms with E-state index in [1.54, 1.807) is 6.07 Å². The number of hydrogen-bond donors (Lipinski definition) is 0. The van der Waals surface area contributed by atoms with Crippen LogP contribution in [0.15, 0.2) is 34.8 Å². The van der Waals surface area contributed by atoms with Gasteiger partial charge in [-0.05, 0) is 54.8 Å². The molecular weight excluding hydrogens is 321 g/mol. The first-order valence-corrected chi connectivity index (χ1v) is 6.88. The second kappa shape index (κ2) is 6.06. The molecule has 2 nitrogen and oxygen atoms in total. The minimum Gasteiger partial charge on any atom is -0.489 e. The molecule has 0 N–H and O–H groups in total. The number of aryl methyl sites for hydroxylation is 2. The van der Waals surface area contributed by atoms with Gasteiger partial charge in [-0.25, -0.2) is 4.39 Å². The monoisotopic (exact) mass is 333 g/mol. The lowest BCUT2D eigenvalue weighted by Crippen LogP contribution is -1.98. The molecule has 20 heavy (non-hydrogen) atoms. The lowest BCUT2D eigenvalue weighted by atomic mass is 10.1. The van der Waals surface area contributed by atoms with Crippen molar-refractivity contribution in [3.8, 4) is 11.8 Å². The zero-order valence-corrected chi connectivity index (χ0v) is 12.8. The molecule has 4 heteroatoms. The minimum atomic E-state index is -0.508. The van der Waals surface area contributed by atoms with Gasteiger partial charge in [-0.2, -0.15) is 5.26 Å². The summed E-state index contributed by atoms with van der Waals surface area (Å²) in [6.07, 6.45) is 0. The molecule has 0 saturated heterocycles. The summed E-state index contributed by atoms with van der Waals surface area (Å²) < 4.78 is 20.0. The van der Waals surface area contributed by atoms with Crippen LogP contribution < -0.4 is 4.74 Å². The van der Waals surface area contributed by atoms with E-state index in [0.717, 1.165) is 26.9 Å². The van der Waals surface area contributed by atoms with Gasteiger partial charge in [0.15, 0.2) is 0 Å². The molecule has 0 aromatic heterocycles. The Bertz CT molecular complexity index is 668. The average molecular weight is 334 g/mol. The highest BCUT2D eigenvalue weighted by molar-refractivity contribution is 9.10. The number of ether oxygens (including phenoxy) is 1. The maximum Gasteiger partial charge on any atom is 0.140 e. The highest BCUT2D eigenvalue weighted by Crippen LogP contribution is 2.26. The van der Waals surface area contributed by atoms with Gasteiger partial charge in [0.1, 0.15) is 24.2 Å². The summed E-state index contributed by atoms with van der Waals surface area (Å²) in [6, 6.07) is 10.1. The van der Waals surface area contributed by atoms with E-state index in [1.807, 2.05) is 32.0 Å². The fourth-order valence-corrected chi connectivity index (χ4v) is 2.13. The van der Waals surface area contributed by atoms with Crippen molar-refractivity contribution >= 4 is 15.9 Å². The molecule has 0 spiro atoms. The van der Waals surface area contributed by atoms with Gasteiger partial charge in [-0.3, -0.25) is 0 Å². The Labute approximate surface area is 125 Å². The second-order valence-corrected chi connectivity index (χ2v) is 5.38. The molecule has 2 aromatic carbocycles. The summed E-state index contributed by atoms with van der Waals surface area (Å²) in [4.78, 5) is 0. The first-order valence-electron chi connectivity index (χ1n) is 6.09. The molecule has 0 radical (unpaired) electrons. The fourth-order valence-electron chi connectivity index (χ4n) is 1.90. The molecule has 2 rings (SSSR count). The molecule has 0 bridgehead atoms. The lowest BCUT2D eigenvalue weighted by molar-refractivity contribution is 0.305. The summed E-state index contributed by atoms with van der Waals surface area (Å²) in [7, 11) is 0. The molecule has 102 valence electrons. The molecule has 0 amide bonds. The summed E-state index contributed by atoms with van der Waals surface area (Å²) in [5.74, 6) is 0.248. The van der Waals surface area contributed by atoms with E-state index in [-0.39, 0.29) is 5.56 Å². The summed E-state index contributed by atoms with van der Waals surface area (Å²) >= 11 is 3.50. The van der Waals surface area contributed by atoms with Crippen molar-refractivity contribution in [2.45, 2.75) is 20.5 Å². The van der Waals surface area contributed by atoms with Crippen LogP contribution in [0.4, 0.5) is 4.39 Å². The Morgan fingerprint density at radius 1 is 1.20 bits per heavy atom. The summed E-state index contributed by atoms with van der Waals surface area (Å²) in [5.41, 5.74) is 2.99. The van der Waals surface area contributed by atoms with E-state index in [1.165, 1.54) is 12.1 Å². The molecule has 0 unspecified atom stereocenters. The third kappa shape index (κ3) is 3.17. The van der Waals surface area contributed by atoms with Crippen LogP contribution in [0.2, 0.25) is 0 Å². The van der Waals surface area contributed by atoms with Crippen LogP contribution in [0.5, 0.6) is 5.75 Å². The van der Waals surface area contributed by atoms with E-state index in [2.05, 4.69) is 15.9 Å². The highest BCUT2D eigenvalue weighted by Gasteiger charge is 2.06. The van der Waals surface area contributed by atoms with E-state index >= 15 is 0 Å². The van der Waals surface area contributed by atoms with E-state index in [4.69, 9.17) is 10.00 Å². The van der Waals surface area contributed by atoms with Crippen LogP contribution in [0.1, 0.15) is 22.3 Å². The SMILES string of the molecule is Cc1cc(OCc2ccc(F)c(C#N)c2)cc(C)c1Br. The van der Waals surface area contributed by atoms with Crippen LogP contribution in [0, 0.1) is 31.0 Å². The van der Waals surface area contributed by atoms with Gasteiger partial charge in [0.2, 0.25) is 0 Å². The standard InChI is InChI=1S/C16H13BrFNO/c1-10-5-14(6-11(2)16(10)17)20-9-12-3-4-15(18)13(7-12)8-19/h3-7H,9H2,1-2H3. The van der Waals surface area contributed by atoms with Gasteiger partial charge in [-0.15, -0.1) is 0 Å². The fraction of sp³-hybridized carbons (Fsp3) is 0.188. The minimum absolute atomic E-state index is 0.0364. The summed E-state index contributed by atoms with van der Waals surface area (Å²) in [6.45, 7) is 4.29. The normalized spacial score (nSPS) is 10.2. The lowest BCUT2D eigenvalue weighted by Gasteiger charge is -2.10. The summed E-state index contributed by atoms with van der Waals surface area (Å²) in [5, 5.41) is 8.80. The van der Waals surface area contributed by atoms with Gasteiger partial charge in [0.25, 0.3) is 0 Å². The molecular formula is C16H13BrFNO. The Hall–Kier alpha value is -1.86. The molecule has 0 aliphatic rings. The van der Waals surface area contributed by atoms with E-state index in [0.29, 0.717) is 6.61 Å². The molecule has 0 fully saturated rings. The van der Waals surface area contributed by atoms with Crippen LogP contribution in [-0.2, 0) is 6.61 Å². The number of nitriles is 1. The Kier molecular flexibility index (Phi) is 4.41. The predicted octanol–water partition coefficient (Wildman–Crippen LogP) is 4.66. The highest BCUT2D eigenvalue weighted by atomic mass is 79.9. The van der Waals surface area contributed by atoms with Crippen molar-refractivity contribution < 1.29 is 9.13 Å². The number of hydrogen-bond acceptors (Lipinski definition) is 2. The first kappa shape index (κ1) is 14.5. The average Bonchev–Trinajstić information content (AvgIpc) is 2.43. The molecule has 0 heterocycles. The Morgan fingerprint density at radius 2 is 1.85 bits per heavy atom. The van der Waals surface area contributed by atoms with Gasteiger partial charge >= 0.3 is 0 Å². The smallest absolute Gasteiger partial charge is 0.140 e. The van der Waals surface area contributed by atoms with Crippen LogP contribution in [-0.4, -0.2) is 0 Å². The molecule has 0 atom stereocenters.